The molecule has 0 amide bonds. The van der Waals surface area contributed by atoms with Gasteiger partial charge in [0.25, 0.3) is 0 Å². The van der Waals surface area contributed by atoms with Gasteiger partial charge in [-0.05, 0) is 26.2 Å². The van der Waals surface area contributed by atoms with Gasteiger partial charge in [-0.15, -0.1) is 34.2 Å². The van der Waals surface area contributed by atoms with Crippen molar-refractivity contribution in [2.45, 2.75) is 58.5 Å². The highest BCUT2D eigenvalue weighted by molar-refractivity contribution is 14.0. The summed E-state index contributed by atoms with van der Waals surface area (Å²) in [6.45, 7) is 8.68. The second kappa shape index (κ2) is 11.8. The second-order valence-corrected chi connectivity index (χ2v) is 8.26. The van der Waals surface area contributed by atoms with Crippen molar-refractivity contribution in [3.05, 3.63) is 29.2 Å². The highest BCUT2D eigenvalue weighted by atomic mass is 127. The molecule has 0 bridgehead atoms. The summed E-state index contributed by atoms with van der Waals surface area (Å²) < 4.78 is 7.52. The predicted octanol–water partition coefficient (Wildman–Crippen LogP) is 2.24. The first-order chi connectivity index (χ1) is 14.7. The molecule has 31 heavy (non-hydrogen) atoms. The minimum atomic E-state index is 0. The van der Waals surface area contributed by atoms with E-state index in [1.54, 1.807) is 0 Å². The summed E-state index contributed by atoms with van der Waals surface area (Å²) in [5.74, 6) is 4.17. The molecule has 0 aliphatic carbocycles. The van der Waals surface area contributed by atoms with E-state index in [2.05, 4.69) is 40.0 Å². The molecule has 2 aliphatic rings. The number of aryl methyl sites for hydroxylation is 3. The van der Waals surface area contributed by atoms with E-state index in [-0.39, 0.29) is 24.0 Å². The number of piperazine rings is 1. The Kier molecular flexibility index (Phi) is 9.12. The van der Waals surface area contributed by atoms with Crippen molar-refractivity contribution in [3.8, 4) is 0 Å². The summed E-state index contributed by atoms with van der Waals surface area (Å²) in [6.07, 6.45) is 6.84. The minimum absolute atomic E-state index is 0. The van der Waals surface area contributed by atoms with E-state index >= 15 is 0 Å². The van der Waals surface area contributed by atoms with Crippen LogP contribution in [0.3, 0.4) is 0 Å². The lowest BCUT2D eigenvalue weighted by Crippen LogP contribution is -2.52. The molecule has 172 valence electrons. The summed E-state index contributed by atoms with van der Waals surface area (Å²) in [7, 11) is 1.87. The highest BCUT2D eigenvalue weighted by Crippen LogP contribution is 2.15. The van der Waals surface area contributed by atoms with E-state index in [0.29, 0.717) is 0 Å². The Bertz CT molecular complexity index is 840. The van der Waals surface area contributed by atoms with Crippen molar-refractivity contribution in [1.29, 1.82) is 0 Å². The van der Waals surface area contributed by atoms with Gasteiger partial charge in [-0.1, -0.05) is 11.6 Å². The first-order valence-corrected chi connectivity index (χ1v) is 11.2. The van der Waals surface area contributed by atoms with Crippen molar-refractivity contribution in [1.82, 2.24) is 35.0 Å². The van der Waals surface area contributed by atoms with Crippen LogP contribution in [0.5, 0.6) is 0 Å². The molecule has 2 aromatic heterocycles. The maximum Gasteiger partial charge on any atom is 0.193 e. The molecular formula is C21H35IN8O. The zero-order valence-corrected chi connectivity index (χ0v) is 21.0. The summed E-state index contributed by atoms with van der Waals surface area (Å²) >= 11 is 0. The second-order valence-electron chi connectivity index (χ2n) is 8.26. The lowest BCUT2D eigenvalue weighted by Gasteiger charge is -2.36. The zero-order valence-electron chi connectivity index (χ0n) is 18.7. The molecule has 10 heteroatoms. The van der Waals surface area contributed by atoms with E-state index in [9.17, 15) is 0 Å². The van der Waals surface area contributed by atoms with E-state index in [1.807, 2.05) is 20.0 Å². The molecule has 1 N–H and O–H groups in total. The average Bonchev–Trinajstić information content (AvgIpc) is 3.26. The molecule has 0 radical (unpaired) electrons. The molecule has 0 unspecified atom stereocenters. The van der Waals surface area contributed by atoms with Gasteiger partial charge in [-0.3, -0.25) is 9.89 Å². The lowest BCUT2D eigenvalue weighted by atomic mass is 10.2. The number of guanidine groups is 1. The Morgan fingerprint density at radius 3 is 2.71 bits per heavy atom. The Balaban J connectivity index is 0.00000272. The molecule has 1 fully saturated rings. The van der Waals surface area contributed by atoms with Crippen LogP contribution in [-0.4, -0.2) is 75.5 Å². The molecule has 9 nitrogen and oxygen atoms in total. The minimum Gasteiger partial charge on any atom is -0.361 e. The van der Waals surface area contributed by atoms with Crippen LogP contribution >= 0.6 is 24.0 Å². The Hall–Kier alpha value is -1.69. The van der Waals surface area contributed by atoms with Gasteiger partial charge < -0.3 is 19.3 Å². The quantitative estimate of drug-likeness (QED) is 0.259. The molecule has 0 saturated carbocycles. The molecule has 2 aliphatic heterocycles. The molecule has 4 heterocycles. The van der Waals surface area contributed by atoms with Crippen molar-refractivity contribution < 1.29 is 4.52 Å². The Labute approximate surface area is 201 Å². The Morgan fingerprint density at radius 1 is 1.13 bits per heavy atom. The number of aliphatic imine (C=N–C) groups is 1. The molecule has 4 rings (SSSR count). The third-order valence-corrected chi connectivity index (χ3v) is 5.99. The van der Waals surface area contributed by atoms with Gasteiger partial charge in [0, 0.05) is 71.8 Å². The number of fused-ring (bicyclic) bond motifs is 1. The molecule has 0 spiro atoms. The fourth-order valence-electron chi connectivity index (χ4n) is 4.35. The smallest absolute Gasteiger partial charge is 0.193 e. The number of aromatic nitrogens is 4. The summed E-state index contributed by atoms with van der Waals surface area (Å²) in [5.41, 5.74) is 1.01. The van der Waals surface area contributed by atoms with Crippen LogP contribution in [0.25, 0.3) is 0 Å². The number of hydrogen-bond donors (Lipinski definition) is 1. The molecular weight excluding hydrogens is 507 g/mol. The van der Waals surface area contributed by atoms with E-state index in [0.717, 1.165) is 88.3 Å². The van der Waals surface area contributed by atoms with Gasteiger partial charge in [0.15, 0.2) is 5.96 Å². The average molecular weight is 542 g/mol. The van der Waals surface area contributed by atoms with Gasteiger partial charge in [0.2, 0.25) is 0 Å². The Morgan fingerprint density at radius 2 is 1.97 bits per heavy atom. The normalized spacial score (nSPS) is 17.7. The first-order valence-electron chi connectivity index (χ1n) is 11.2. The van der Waals surface area contributed by atoms with Crippen molar-refractivity contribution in [3.63, 3.8) is 0 Å². The van der Waals surface area contributed by atoms with Gasteiger partial charge in [0.1, 0.15) is 17.4 Å². The van der Waals surface area contributed by atoms with E-state index in [4.69, 9.17) is 4.52 Å². The third kappa shape index (κ3) is 6.41. The fourth-order valence-corrected chi connectivity index (χ4v) is 4.35. The topological polar surface area (TPSA) is 87.6 Å². The van der Waals surface area contributed by atoms with Gasteiger partial charge in [-0.2, -0.15) is 0 Å². The summed E-state index contributed by atoms with van der Waals surface area (Å²) in [5, 5.41) is 16.5. The predicted molar refractivity (Wildman–Crippen MR) is 131 cm³/mol. The summed E-state index contributed by atoms with van der Waals surface area (Å²) in [6, 6.07) is 2.02. The molecule has 0 atom stereocenters. The van der Waals surface area contributed by atoms with Gasteiger partial charge in [-0.25, -0.2) is 0 Å². The largest absolute Gasteiger partial charge is 0.361 e. The SMILES string of the molecule is CN=C(NCCCc1nnc2n1CCCCC2)N1CCN(Cc2cc(C)on2)CC1.I. The maximum atomic E-state index is 5.18. The third-order valence-electron chi connectivity index (χ3n) is 5.99. The number of nitrogens with zero attached hydrogens (tertiary/aromatic N) is 7. The van der Waals surface area contributed by atoms with Gasteiger partial charge in [0.05, 0.1) is 5.69 Å². The van der Waals surface area contributed by atoms with Crippen molar-refractivity contribution in [2.24, 2.45) is 4.99 Å². The van der Waals surface area contributed by atoms with E-state index in [1.165, 1.54) is 25.1 Å². The number of rotatable bonds is 6. The molecule has 0 aromatic carbocycles. The zero-order chi connectivity index (χ0) is 20.8. The first kappa shape index (κ1) is 24.0. The monoisotopic (exact) mass is 542 g/mol. The van der Waals surface area contributed by atoms with Crippen molar-refractivity contribution >= 4 is 29.9 Å². The van der Waals surface area contributed by atoms with Crippen LogP contribution in [0.15, 0.2) is 15.6 Å². The highest BCUT2D eigenvalue weighted by Gasteiger charge is 2.20. The van der Waals surface area contributed by atoms with Crippen LogP contribution in [0.2, 0.25) is 0 Å². The fraction of sp³-hybridized carbons (Fsp3) is 0.714. The van der Waals surface area contributed by atoms with Crippen molar-refractivity contribution in [2.75, 3.05) is 39.8 Å². The van der Waals surface area contributed by atoms with Crippen LogP contribution in [0, 0.1) is 6.92 Å². The van der Waals surface area contributed by atoms with Crippen LogP contribution in [-0.2, 0) is 25.9 Å². The molecule has 2 aromatic rings. The number of nitrogens with one attached hydrogen (secondary N) is 1. The van der Waals surface area contributed by atoms with E-state index < -0.39 is 0 Å². The number of hydrogen-bond acceptors (Lipinski definition) is 6. The van der Waals surface area contributed by atoms with Crippen LogP contribution < -0.4 is 5.32 Å². The van der Waals surface area contributed by atoms with Gasteiger partial charge >= 0.3 is 0 Å². The maximum absolute atomic E-state index is 5.18. The molecule has 1 saturated heterocycles. The van der Waals surface area contributed by atoms with Crippen LogP contribution in [0.4, 0.5) is 0 Å². The summed E-state index contributed by atoms with van der Waals surface area (Å²) in [4.78, 5) is 9.25. The standard InChI is InChI=1S/C21H34N8O.HI/c1-17-15-18(26-30-17)16-27-11-13-28(14-12-27)21(22-2)23-9-6-8-20-25-24-19-7-4-3-5-10-29(19)20;/h15H,3-14,16H2,1-2H3,(H,22,23);1H. The number of halogens is 1. The van der Waals surface area contributed by atoms with Crippen LogP contribution in [0.1, 0.15) is 48.8 Å². The lowest BCUT2D eigenvalue weighted by molar-refractivity contribution is 0.169.